The number of halogens is 2. The van der Waals surface area contributed by atoms with Gasteiger partial charge in [0.15, 0.2) is 16.6 Å². The third kappa shape index (κ3) is 3.56. The van der Waals surface area contributed by atoms with Gasteiger partial charge in [-0.1, -0.05) is 37.0 Å². The monoisotopic (exact) mass is 474 g/mol. The van der Waals surface area contributed by atoms with E-state index >= 15 is 0 Å². The number of rotatable bonds is 3. The molecule has 0 saturated carbocycles. The van der Waals surface area contributed by atoms with Crippen LogP contribution in [-0.4, -0.2) is 46.4 Å². The molecule has 12 heteroatoms. The van der Waals surface area contributed by atoms with Crippen molar-refractivity contribution in [3.05, 3.63) is 52.8 Å². The van der Waals surface area contributed by atoms with E-state index in [0.717, 1.165) is 23.6 Å². The molecule has 0 spiro atoms. The van der Waals surface area contributed by atoms with Crippen molar-refractivity contribution in [2.24, 2.45) is 0 Å². The summed E-state index contributed by atoms with van der Waals surface area (Å²) in [6.07, 6.45) is 8.00. The highest BCUT2D eigenvalue weighted by Gasteiger charge is 2.38. The Kier molecular flexibility index (Phi) is 4.92. The van der Waals surface area contributed by atoms with E-state index in [0.29, 0.717) is 27.3 Å². The van der Waals surface area contributed by atoms with Crippen LogP contribution in [0.4, 0.5) is 10.5 Å². The van der Waals surface area contributed by atoms with Crippen LogP contribution >= 0.6 is 31.1 Å². The Morgan fingerprint density at radius 3 is 2.68 bits per heavy atom. The summed E-state index contributed by atoms with van der Waals surface area (Å²) in [4.78, 5) is 23.3. The first kappa shape index (κ1) is 20.3. The van der Waals surface area contributed by atoms with E-state index in [2.05, 4.69) is 44.4 Å². The van der Waals surface area contributed by atoms with Gasteiger partial charge in [0, 0.05) is 30.9 Å². The van der Waals surface area contributed by atoms with Crippen molar-refractivity contribution in [1.29, 1.82) is 0 Å². The van der Waals surface area contributed by atoms with Crippen molar-refractivity contribution in [1.82, 2.24) is 34.6 Å². The SMILES string of the molecule is CC1(C)CC[P@](C(=O)Nc2cnc(-n3nccn3)c(Cl)c2)c2cnc3cc(Cl)nn3c21. The van der Waals surface area contributed by atoms with Crippen LogP contribution in [0.1, 0.15) is 26.0 Å². The maximum absolute atomic E-state index is 13.2. The molecule has 1 atom stereocenters. The van der Waals surface area contributed by atoms with Gasteiger partial charge in [0.25, 0.3) is 0 Å². The summed E-state index contributed by atoms with van der Waals surface area (Å²) in [5.74, 6) is 0.391. The Bertz CT molecular complexity index is 1300. The molecule has 0 bridgehead atoms. The number of carbonyl (C=O) groups is 1. The fraction of sp³-hybridized carbons (Fsp3) is 0.263. The fourth-order valence-corrected chi connectivity index (χ4v) is 6.71. The molecule has 9 nitrogen and oxygen atoms in total. The second-order valence-corrected chi connectivity index (χ2v) is 10.8. The molecule has 1 aliphatic rings. The molecule has 1 aliphatic heterocycles. The van der Waals surface area contributed by atoms with Crippen LogP contribution in [0.5, 0.6) is 0 Å². The van der Waals surface area contributed by atoms with Gasteiger partial charge < -0.3 is 5.32 Å². The molecule has 5 heterocycles. The molecule has 158 valence electrons. The summed E-state index contributed by atoms with van der Waals surface area (Å²) in [5.41, 5.74) is 1.92. The Labute approximate surface area is 188 Å². The molecule has 0 fully saturated rings. The number of anilines is 1. The van der Waals surface area contributed by atoms with Gasteiger partial charge in [-0.25, -0.2) is 14.5 Å². The summed E-state index contributed by atoms with van der Waals surface area (Å²) in [7, 11) is -1.17. The molecule has 0 radical (unpaired) electrons. The van der Waals surface area contributed by atoms with E-state index < -0.39 is 7.92 Å². The highest BCUT2D eigenvalue weighted by molar-refractivity contribution is 7.82. The van der Waals surface area contributed by atoms with Crippen LogP contribution in [0, 0.1) is 0 Å². The summed E-state index contributed by atoms with van der Waals surface area (Å²) < 4.78 is 1.77. The summed E-state index contributed by atoms with van der Waals surface area (Å²) in [6.45, 7) is 4.30. The average molecular weight is 475 g/mol. The van der Waals surface area contributed by atoms with Gasteiger partial charge in [-0.3, -0.25) is 4.79 Å². The Hall–Kier alpha value is -2.61. The molecule has 0 unspecified atom stereocenters. The number of nitrogens with zero attached hydrogens (tertiary/aromatic N) is 7. The molecule has 4 aromatic heterocycles. The van der Waals surface area contributed by atoms with Gasteiger partial charge in [-0.05, 0) is 18.6 Å². The number of hydrogen-bond donors (Lipinski definition) is 1. The van der Waals surface area contributed by atoms with E-state index in [1.165, 1.54) is 17.2 Å². The van der Waals surface area contributed by atoms with Gasteiger partial charge >= 0.3 is 0 Å². The molecular weight excluding hydrogens is 458 g/mol. The maximum Gasteiger partial charge on any atom is 0.250 e. The molecule has 0 saturated heterocycles. The second-order valence-electron chi connectivity index (χ2n) is 7.79. The zero-order chi connectivity index (χ0) is 21.8. The van der Waals surface area contributed by atoms with Gasteiger partial charge in [-0.15, -0.1) is 4.80 Å². The minimum Gasteiger partial charge on any atom is -0.321 e. The van der Waals surface area contributed by atoms with Crippen molar-refractivity contribution in [3.8, 4) is 5.82 Å². The van der Waals surface area contributed by atoms with Gasteiger partial charge in [-0.2, -0.15) is 15.3 Å². The molecule has 1 amide bonds. The van der Waals surface area contributed by atoms with E-state index in [9.17, 15) is 4.79 Å². The third-order valence-corrected chi connectivity index (χ3v) is 7.90. The van der Waals surface area contributed by atoms with Crippen molar-refractivity contribution in [2.75, 3.05) is 11.5 Å². The molecule has 4 aromatic rings. The van der Waals surface area contributed by atoms with Crippen molar-refractivity contribution in [2.45, 2.75) is 25.7 Å². The van der Waals surface area contributed by atoms with Crippen LogP contribution in [-0.2, 0) is 5.41 Å². The maximum atomic E-state index is 13.2. The fourth-order valence-electron chi connectivity index (χ4n) is 3.73. The minimum absolute atomic E-state index is 0.0889. The van der Waals surface area contributed by atoms with Gasteiger partial charge in [0.05, 0.1) is 35.0 Å². The van der Waals surface area contributed by atoms with E-state index in [4.69, 9.17) is 23.2 Å². The molecule has 5 rings (SSSR count). The lowest BCUT2D eigenvalue weighted by Gasteiger charge is -2.36. The minimum atomic E-state index is -1.17. The van der Waals surface area contributed by atoms with Crippen LogP contribution < -0.4 is 10.6 Å². The first-order valence-corrected chi connectivity index (χ1v) is 11.8. The number of fused-ring (bicyclic) bond motifs is 3. The van der Waals surface area contributed by atoms with Gasteiger partial charge in [0.2, 0.25) is 5.65 Å². The number of pyridine rings is 1. The van der Waals surface area contributed by atoms with Crippen molar-refractivity contribution < 1.29 is 4.79 Å². The van der Waals surface area contributed by atoms with E-state index in [1.807, 2.05) is 0 Å². The number of amides is 1. The smallest absolute Gasteiger partial charge is 0.250 e. The van der Waals surface area contributed by atoms with E-state index in [1.54, 1.807) is 29.0 Å². The highest BCUT2D eigenvalue weighted by atomic mass is 35.5. The lowest BCUT2D eigenvalue weighted by molar-refractivity contribution is 0.269. The Morgan fingerprint density at radius 1 is 1.16 bits per heavy atom. The molecule has 0 aromatic carbocycles. The number of aromatic nitrogens is 7. The molecular formula is C19H17Cl2N8OP. The molecule has 31 heavy (non-hydrogen) atoms. The molecule has 0 aliphatic carbocycles. The average Bonchev–Trinajstić information content (AvgIpc) is 3.36. The van der Waals surface area contributed by atoms with Crippen LogP contribution in [0.15, 0.2) is 36.9 Å². The zero-order valence-corrected chi connectivity index (χ0v) is 19.0. The highest BCUT2D eigenvalue weighted by Crippen LogP contribution is 2.47. The van der Waals surface area contributed by atoms with E-state index in [-0.39, 0.29) is 11.1 Å². The molecule has 1 N–H and O–H groups in total. The van der Waals surface area contributed by atoms with Crippen LogP contribution in [0.25, 0.3) is 11.5 Å². The summed E-state index contributed by atoms with van der Waals surface area (Å²) in [5, 5.41) is 17.0. The summed E-state index contributed by atoms with van der Waals surface area (Å²) in [6, 6.07) is 3.36. The lowest BCUT2D eigenvalue weighted by Crippen LogP contribution is -2.37. The topological polar surface area (TPSA) is 103 Å². The van der Waals surface area contributed by atoms with Crippen molar-refractivity contribution in [3.63, 3.8) is 0 Å². The third-order valence-electron chi connectivity index (χ3n) is 5.25. The lowest BCUT2D eigenvalue weighted by atomic mass is 9.85. The second kappa shape index (κ2) is 7.51. The van der Waals surface area contributed by atoms with Gasteiger partial charge in [0.1, 0.15) is 0 Å². The zero-order valence-electron chi connectivity index (χ0n) is 16.6. The Morgan fingerprint density at radius 2 is 1.94 bits per heavy atom. The predicted octanol–water partition coefficient (Wildman–Crippen LogP) is 4.03. The number of hydrogen-bond acceptors (Lipinski definition) is 6. The normalized spacial score (nSPS) is 17.5. The largest absolute Gasteiger partial charge is 0.321 e. The Balaban J connectivity index is 1.47. The standard InChI is InChI=1S/C19H17Cl2N8OP/c1-19(2)3-6-31(13-10-22-15-8-14(21)27-28(15)16(13)19)18(30)26-11-7-12(20)17(23-9-11)29-24-4-5-25-29/h4-5,7-10H,3,6H2,1-2H3,(H,26,30)/t31-/m0/s1. The number of carbonyl (C=O) groups excluding carboxylic acids is 1. The summed E-state index contributed by atoms with van der Waals surface area (Å²) >= 11 is 12.4. The number of nitrogens with one attached hydrogen (secondary N) is 1. The van der Waals surface area contributed by atoms with Crippen LogP contribution in [0.3, 0.4) is 0 Å². The first-order chi connectivity index (χ1) is 14.8. The van der Waals surface area contributed by atoms with Crippen molar-refractivity contribution >= 4 is 53.4 Å². The quantitative estimate of drug-likeness (QED) is 0.449. The predicted molar refractivity (Wildman–Crippen MR) is 120 cm³/mol. The van der Waals surface area contributed by atoms with Crippen LogP contribution in [0.2, 0.25) is 10.2 Å². The first-order valence-electron chi connectivity index (χ1n) is 9.49.